The molecule has 0 aromatic heterocycles. The van der Waals surface area contributed by atoms with Gasteiger partial charge in [-0.2, -0.15) is 0 Å². The molecule has 0 bridgehead atoms. The van der Waals surface area contributed by atoms with Crippen molar-refractivity contribution in [3.8, 4) is 11.1 Å². The Kier molecular flexibility index (Phi) is 4.25. The van der Waals surface area contributed by atoms with Crippen LogP contribution in [0.5, 0.6) is 0 Å². The van der Waals surface area contributed by atoms with E-state index in [1.807, 2.05) is 11.0 Å². The van der Waals surface area contributed by atoms with Crippen molar-refractivity contribution in [2.24, 2.45) is 5.92 Å². The van der Waals surface area contributed by atoms with Gasteiger partial charge in [-0.25, -0.2) is 0 Å². The van der Waals surface area contributed by atoms with E-state index in [0.29, 0.717) is 0 Å². The van der Waals surface area contributed by atoms with Crippen LogP contribution in [0.15, 0.2) is 42.5 Å². The Hall–Kier alpha value is -2.17. The monoisotopic (exact) mass is 361 g/mol. The van der Waals surface area contributed by atoms with E-state index < -0.39 is 0 Å². The molecule has 2 aromatic carbocycles. The van der Waals surface area contributed by atoms with Gasteiger partial charge in [0.05, 0.1) is 6.67 Å². The molecular weight excluding hydrogens is 334 g/mol. The van der Waals surface area contributed by atoms with Crippen molar-refractivity contribution in [2.45, 2.75) is 25.9 Å². The molecule has 27 heavy (non-hydrogen) atoms. The molecule has 140 valence electrons. The van der Waals surface area contributed by atoms with Crippen molar-refractivity contribution in [1.82, 2.24) is 14.7 Å². The number of benzene rings is 2. The third-order valence-corrected chi connectivity index (χ3v) is 6.09. The van der Waals surface area contributed by atoms with Gasteiger partial charge in [-0.05, 0) is 60.2 Å². The highest BCUT2D eigenvalue weighted by atomic mass is 16.2. The first kappa shape index (κ1) is 17.0. The maximum atomic E-state index is 12.6. The van der Waals surface area contributed by atoms with Crippen LogP contribution >= 0.6 is 0 Å². The number of hydrogen-bond acceptors (Lipinski definition) is 3. The second-order valence-corrected chi connectivity index (χ2v) is 8.47. The van der Waals surface area contributed by atoms with Gasteiger partial charge in [-0.3, -0.25) is 14.6 Å². The van der Waals surface area contributed by atoms with E-state index in [4.69, 9.17) is 0 Å². The Bertz CT molecular complexity index is 856. The third kappa shape index (κ3) is 3.52. The topological polar surface area (TPSA) is 26.8 Å². The van der Waals surface area contributed by atoms with Crippen LogP contribution in [0.1, 0.15) is 34.3 Å². The number of hydrogen-bond donors (Lipinski definition) is 0. The molecule has 2 heterocycles. The van der Waals surface area contributed by atoms with E-state index in [9.17, 15) is 4.79 Å². The first-order valence-electron chi connectivity index (χ1n) is 10.1. The zero-order valence-electron chi connectivity index (χ0n) is 16.0. The Labute approximate surface area is 161 Å². The summed E-state index contributed by atoms with van der Waals surface area (Å²) in [5, 5.41) is 0. The zero-order chi connectivity index (χ0) is 18.4. The molecule has 4 heteroatoms. The van der Waals surface area contributed by atoms with Crippen molar-refractivity contribution < 1.29 is 4.79 Å². The molecule has 5 rings (SSSR count). The summed E-state index contributed by atoms with van der Waals surface area (Å²) >= 11 is 0. The molecular formula is C23H27N3O. The Morgan fingerprint density at radius 2 is 1.78 bits per heavy atom. The average Bonchev–Trinajstić information content (AvgIpc) is 3.32. The van der Waals surface area contributed by atoms with Gasteiger partial charge in [-0.1, -0.05) is 30.3 Å². The molecule has 1 saturated heterocycles. The Balaban J connectivity index is 1.30. The molecule has 0 radical (unpaired) electrons. The van der Waals surface area contributed by atoms with Crippen LogP contribution in [0, 0.1) is 5.92 Å². The molecule has 1 aliphatic carbocycles. The average molecular weight is 361 g/mol. The zero-order valence-corrected chi connectivity index (χ0v) is 16.0. The van der Waals surface area contributed by atoms with Gasteiger partial charge in [-0.15, -0.1) is 0 Å². The van der Waals surface area contributed by atoms with Gasteiger partial charge in [0.25, 0.3) is 5.91 Å². The largest absolute Gasteiger partial charge is 0.334 e. The molecule has 2 aliphatic heterocycles. The summed E-state index contributed by atoms with van der Waals surface area (Å²) in [6, 6.07) is 15.3. The van der Waals surface area contributed by atoms with E-state index in [-0.39, 0.29) is 5.91 Å². The first-order valence-corrected chi connectivity index (χ1v) is 10.1. The molecule has 1 amide bonds. The maximum absolute atomic E-state index is 12.6. The fraction of sp³-hybridized carbons (Fsp3) is 0.435. The fourth-order valence-corrected chi connectivity index (χ4v) is 4.30. The fourth-order valence-electron chi connectivity index (χ4n) is 4.30. The predicted molar refractivity (Wildman–Crippen MR) is 107 cm³/mol. The van der Waals surface area contributed by atoms with Gasteiger partial charge in [0.15, 0.2) is 0 Å². The molecule has 0 N–H and O–H groups in total. The summed E-state index contributed by atoms with van der Waals surface area (Å²) in [6.45, 7) is 6.08. The van der Waals surface area contributed by atoms with Crippen LogP contribution < -0.4 is 0 Å². The summed E-state index contributed by atoms with van der Waals surface area (Å²) in [4.78, 5) is 19.4. The van der Waals surface area contributed by atoms with E-state index in [0.717, 1.165) is 50.9 Å². The Morgan fingerprint density at radius 1 is 1.00 bits per heavy atom. The molecule has 4 nitrogen and oxygen atoms in total. The number of carbonyl (C=O) groups is 1. The molecule has 0 atom stereocenters. The van der Waals surface area contributed by atoms with Crippen molar-refractivity contribution in [2.75, 3.05) is 33.4 Å². The standard InChI is InChI=1S/C23H27N3O/c1-24-10-11-25(16-24)13-17-4-6-19(7-5-17)20-8-9-22-21(12-20)15-26(23(22)27)14-18-2-3-18/h4-9,12,18H,2-3,10-11,13-16H2,1H3. The minimum absolute atomic E-state index is 0.217. The summed E-state index contributed by atoms with van der Waals surface area (Å²) < 4.78 is 0. The van der Waals surface area contributed by atoms with Crippen LogP contribution in [0.2, 0.25) is 0 Å². The van der Waals surface area contributed by atoms with Gasteiger partial charge in [0, 0.05) is 38.3 Å². The summed E-state index contributed by atoms with van der Waals surface area (Å²) in [5.74, 6) is 0.958. The predicted octanol–water partition coefficient (Wildman–Crippen LogP) is 3.42. The van der Waals surface area contributed by atoms with Crippen LogP contribution in [-0.2, 0) is 13.1 Å². The van der Waals surface area contributed by atoms with Gasteiger partial charge in [0.1, 0.15) is 0 Å². The molecule has 1 saturated carbocycles. The van der Waals surface area contributed by atoms with Gasteiger partial charge < -0.3 is 4.90 Å². The summed E-state index contributed by atoms with van der Waals surface area (Å²) in [5.41, 5.74) is 5.88. The molecule has 2 aromatic rings. The normalized spacial score (nSPS) is 20.5. The van der Waals surface area contributed by atoms with Crippen molar-refractivity contribution in [1.29, 1.82) is 0 Å². The van der Waals surface area contributed by atoms with Gasteiger partial charge >= 0.3 is 0 Å². The number of rotatable bonds is 5. The number of likely N-dealkylation sites (N-methyl/N-ethyl adjacent to an activating group) is 1. The minimum atomic E-state index is 0.217. The number of carbonyl (C=O) groups excluding carboxylic acids is 1. The second kappa shape index (κ2) is 6.77. The lowest BCUT2D eigenvalue weighted by Crippen LogP contribution is -2.26. The number of nitrogens with zero attached hydrogens (tertiary/aromatic N) is 3. The quantitative estimate of drug-likeness (QED) is 0.816. The van der Waals surface area contributed by atoms with Crippen LogP contribution in [0.25, 0.3) is 11.1 Å². The van der Waals surface area contributed by atoms with Crippen molar-refractivity contribution in [3.05, 3.63) is 59.2 Å². The maximum Gasteiger partial charge on any atom is 0.254 e. The minimum Gasteiger partial charge on any atom is -0.334 e. The first-order chi connectivity index (χ1) is 13.2. The van der Waals surface area contributed by atoms with E-state index in [1.54, 1.807) is 0 Å². The highest BCUT2D eigenvalue weighted by molar-refractivity contribution is 5.99. The molecule has 3 aliphatic rings. The molecule has 0 spiro atoms. The van der Waals surface area contributed by atoms with Crippen LogP contribution in [0.4, 0.5) is 0 Å². The second-order valence-electron chi connectivity index (χ2n) is 8.47. The Morgan fingerprint density at radius 3 is 2.48 bits per heavy atom. The van der Waals surface area contributed by atoms with E-state index >= 15 is 0 Å². The number of fused-ring (bicyclic) bond motifs is 1. The smallest absolute Gasteiger partial charge is 0.254 e. The summed E-state index contributed by atoms with van der Waals surface area (Å²) in [7, 11) is 2.17. The van der Waals surface area contributed by atoms with E-state index in [2.05, 4.69) is 53.2 Å². The lowest BCUT2D eigenvalue weighted by molar-refractivity contribution is 0.0771. The SMILES string of the molecule is CN1CCN(Cc2ccc(-c3ccc4c(c3)CN(CC3CC3)C4=O)cc2)C1. The summed E-state index contributed by atoms with van der Waals surface area (Å²) in [6.07, 6.45) is 2.57. The molecule has 2 fully saturated rings. The highest BCUT2D eigenvalue weighted by Crippen LogP contribution is 2.34. The van der Waals surface area contributed by atoms with Crippen molar-refractivity contribution >= 4 is 5.91 Å². The van der Waals surface area contributed by atoms with Gasteiger partial charge in [0.2, 0.25) is 0 Å². The lowest BCUT2D eigenvalue weighted by Gasteiger charge is -2.15. The van der Waals surface area contributed by atoms with Crippen LogP contribution in [0.3, 0.4) is 0 Å². The third-order valence-electron chi connectivity index (χ3n) is 6.09. The van der Waals surface area contributed by atoms with E-state index in [1.165, 1.54) is 35.1 Å². The van der Waals surface area contributed by atoms with Crippen LogP contribution in [-0.4, -0.2) is 54.0 Å². The molecule has 0 unspecified atom stereocenters. The number of amides is 1. The van der Waals surface area contributed by atoms with Crippen molar-refractivity contribution in [3.63, 3.8) is 0 Å². The lowest BCUT2D eigenvalue weighted by atomic mass is 9.99. The highest BCUT2D eigenvalue weighted by Gasteiger charge is 2.32.